The van der Waals surface area contributed by atoms with Crippen molar-refractivity contribution in [3.8, 4) is 6.07 Å². The normalized spacial score (nSPS) is 19.9. The molecule has 3 aromatic rings. The second kappa shape index (κ2) is 12.3. The average molecular weight is 584 g/mol. The lowest BCUT2D eigenvalue weighted by atomic mass is 9.67. The van der Waals surface area contributed by atoms with E-state index >= 15 is 0 Å². The molecule has 2 aliphatic rings. The standard InChI is InChI=1S/C32H37N7O4/c1-19(36-18-28(40)39-13-5-6-25(39)17-33)16-32(30-37-31(42)43-38-30)26-11-9-21(20(2)34-3)14-22(26)7-8-23-15-24(29(41)35-4)10-12-27(23)32/h9-12,14-15,19,25,34,36H,2,5-8,13,16,18H2,1,3-4H3,(H,35,41)(H,37,38,42)/t19-,25?,32?/m1/s1. The smallest absolute Gasteiger partial charge is 0.388 e. The number of aryl methyl sites for hydroxylation is 2. The summed E-state index contributed by atoms with van der Waals surface area (Å²) in [6.45, 7) is 6.76. The van der Waals surface area contributed by atoms with Gasteiger partial charge in [-0.1, -0.05) is 29.9 Å². The molecule has 11 heteroatoms. The first-order valence-corrected chi connectivity index (χ1v) is 14.6. The first-order chi connectivity index (χ1) is 20.7. The van der Waals surface area contributed by atoms with Crippen molar-refractivity contribution < 1.29 is 14.1 Å². The van der Waals surface area contributed by atoms with Crippen LogP contribution in [0.1, 0.15) is 70.2 Å². The zero-order valence-corrected chi connectivity index (χ0v) is 24.8. The highest BCUT2D eigenvalue weighted by Crippen LogP contribution is 2.47. The summed E-state index contributed by atoms with van der Waals surface area (Å²) in [5, 5.41) is 22.9. The number of H-pyrrole nitrogens is 1. The molecule has 11 nitrogen and oxygen atoms in total. The number of nitrogens with zero attached hydrogens (tertiary/aromatic N) is 3. The van der Waals surface area contributed by atoms with Crippen molar-refractivity contribution >= 4 is 17.5 Å². The van der Waals surface area contributed by atoms with Gasteiger partial charge >= 0.3 is 5.76 Å². The van der Waals surface area contributed by atoms with Crippen LogP contribution in [0.15, 0.2) is 52.3 Å². The van der Waals surface area contributed by atoms with E-state index in [1.54, 1.807) is 18.0 Å². The molecule has 1 aromatic heterocycles. The maximum Gasteiger partial charge on any atom is 0.438 e. The van der Waals surface area contributed by atoms with E-state index in [0.717, 1.165) is 39.9 Å². The summed E-state index contributed by atoms with van der Waals surface area (Å²) in [5.41, 5.74) is 5.11. The zero-order valence-electron chi connectivity index (χ0n) is 24.8. The summed E-state index contributed by atoms with van der Waals surface area (Å²) in [6.07, 6.45) is 3.25. The molecule has 3 atom stereocenters. The number of nitrogens with one attached hydrogen (secondary N) is 4. The first kappa shape index (κ1) is 29.8. The monoisotopic (exact) mass is 583 g/mol. The van der Waals surface area contributed by atoms with Crippen LogP contribution in [-0.2, 0) is 23.1 Å². The molecule has 43 heavy (non-hydrogen) atoms. The van der Waals surface area contributed by atoms with Crippen LogP contribution in [0, 0.1) is 11.3 Å². The highest BCUT2D eigenvalue weighted by molar-refractivity contribution is 5.94. The van der Waals surface area contributed by atoms with Crippen LogP contribution in [-0.4, -0.2) is 66.1 Å². The molecule has 2 unspecified atom stereocenters. The molecule has 5 rings (SSSR count). The molecule has 2 aromatic carbocycles. The van der Waals surface area contributed by atoms with Gasteiger partial charge in [0.1, 0.15) is 6.04 Å². The van der Waals surface area contributed by atoms with Gasteiger partial charge in [-0.2, -0.15) is 5.26 Å². The van der Waals surface area contributed by atoms with Crippen LogP contribution in [0.25, 0.3) is 5.70 Å². The Morgan fingerprint density at radius 2 is 1.84 bits per heavy atom. The van der Waals surface area contributed by atoms with Crippen LogP contribution in [0.5, 0.6) is 0 Å². The predicted molar refractivity (Wildman–Crippen MR) is 161 cm³/mol. The van der Waals surface area contributed by atoms with Gasteiger partial charge in [-0.15, -0.1) is 0 Å². The number of hydrogen-bond acceptors (Lipinski definition) is 8. The molecule has 1 saturated heterocycles. The summed E-state index contributed by atoms with van der Waals surface area (Å²) < 4.78 is 5.08. The van der Waals surface area contributed by atoms with E-state index in [4.69, 9.17) is 4.52 Å². The summed E-state index contributed by atoms with van der Waals surface area (Å²) >= 11 is 0. The Kier molecular flexibility index (Phi) is 8.50. The maximum absolute atomic E-state index is 13.1. The van der Waals surface area contributed by atoms with E-state index in [-0.39, 0.29) is 24.4 Å². The van der Waals surface area contributed by atoms with Gasteiger partial charge < -0.3 is 20.9 Å². The van der Waals surface area contributed by atoms with Gasteiger partial charge in [0.05, 0.1) is 18.0 Å². The van der Waals surface area contributed by atoms with Crippen molar-refractivity contribution in [3.63, 3.8) is 0 Å². The third kappa shape index (κ3) is 5.58. The predicted octanol–water partition coefficient (Wildman–Crippen LogP) is 2.23. The Morgan fingerprint density at radius 1 is 1.16 bits per heavy atom. The summed E-state index contributed by atoms with van der Waals surface area (Å²) in [7, 11) is 3.42. The van der Waals surface area contributed by atoms with Gasteiger partial charge in [0, 0.05) is 37.9 Å². The SMILES string of the molecule is C=C(NC)c1ccc2c(c1)CCc1cc(C(=O)NC)ccc1C2(C[C@@H](C)NCC(=O)N1CCCC1C#N)c1noc(=O)[nH]1. The molecule has 0 saturated carbocycles. The maximum atomic E-state index is 13.1. The molecule has 0 spiro atoms. The molecule has 224 valence electrons. The Balaban J connectivity index is 1.62. The van der Waals surface area contributed by atoms with Crippen LogP contribution < -0.4 is 21.7 Å². The van der Waals surface area contributed by atoms with Crippen molar-refractivity contribution in [1.82, 2.24) is 31.0 Å². The van der Waals surface area contributed by atoms with Crippen molar-refractivity contribution in [2.75, 3.05) is 27.2 Å². The summed E-state index contributed by atoms with van der Waals surface area (Å²) in [4.78, 5) is 42.5. The van der Waals surface area contributed by atoms with Crippen LogP contribution in [0.4, 0.5) is 0 Å². The Morgan fingerprint density at radius 3 is 2.44 bits per heavy atom. The zero-order chi connectivity index (χ0) is 30.7. The molecule has 1 aliphatic carbocycles. The van der Waals surface area contributed by atoms with Crippen LogP contribution >= 0.6 is 0 Å². The molecule has 0 bridgehead atoms. The quantitative estimate of drug-likeness (QED) is 0.299. The Labute approximate surface area is 250 Å². The van der Waals surface area contributed by atoms with Crippen molar-refractivity contribution in [1.29, 1.82) is 5.26 Å². The van der Waals surface area contributed by atoms with E-state index in [2.05, 4.69) is 44.8 Å². The van der Waals surface area contributed by atoms with Gasteiger partial charge in [0.25, 0.3) is 5.91 Å². The van der Waals surface area contributed by atoms with Crippen LogP contribution in [0.2, 0.25) is 0 Å². The number of amides is 2. The number of carbonyl (C=O) groups excluding carboxylic acids is 2. The molecule has 0 radical (unpaired) electrons. The largest absolute Gasteiger partial charge is 0.438 e. The fourth-order valence-corrected chi connectivity index (χ4v) is 6.55. The minimum absolute atomic E-state index is 0.0705. The van der Waals surface area contributed by atoms with Crippen molar-refractivity contribution in [2.45, 2.75) is 56.5 Å². The second-order valence-corrected chi connectivity index (χ2v) is 11.3. The number of likely N-dealkylation sites (tertiary alicyclic amines) is 1. The van der Waals surface area contributed by atoms with Gasteiger partial charge in [0.2, 0.25) is 5.91 Å². The third-order valence-corrected chi connectivity index (χ3v) is 8.71. The number of aromatic amines is 1. The number of carbonyl (C=O) groups is 2. The van der Waals surface area contributed by atoms with E-state index in [1.165, 1.54) is 0 Å². The molecule has 2 heterocycles. The highest BCUT2D eigenvalue weighted by atomic mass is 16.5. The topological polar surface area (TPSA) is 156 Å². The average Bonchev–Trinajstić information content (AvgIpc) is 3.67. The summed E-state index contributed by atoms with van der Waals surface area (Å²) in [6, 6.07) is 13.3. The Bertz CT molecular complexity index is 1580. The molecular formula is C32H37N7O4. The minimum atomic E-state index is -0.980. The molecule has 2 amide bonds. The number of aromatic nitrogens is 2. The fraction of sp³-hybridized carbons (Fsp3) is 0.406. The molecular weight excluding hydrogens is 546 g/mol. The molecule has 4 N–H and O–H groups in total. The van der Waals surface area contributed by atoms with Gasteiger partial charge in [-0.05, 0) is 85.0 Å². The van der Waals surface area contributed by atoms with Crippen molar-refractivity contribution in [3.05, 3.63) is 92.7 Å². The van der Waals surface area contributed by atoms with E-state index < -0.39 is 17.2 Å². The number of fused-ring (bicyclic) bond motifs is 2. The van der Waals surface area contributed by atoms with Crippen molar-refractivity contribution in [2.24, 2.45) is 0 Å². The minimum Gasteiger partial charge on any atom is -0.388 e. The lowest BCUT2D eigenvalue weighted by Gasteiger charge is -2.37. The second-order valence-electron chi connectivity index (χ2n) is 11.3. The number of rotatable bonds is 9. The van der Waals surface area contributed by atoms with E-state index in [9.17, 15) is 19.6 Å². The van der Waals surface area contributed by atoms with Gasteiger partial charge in [0.15, 0.2) is 5.82 Å². The number of hydrogen-bond donors (Lipinski definition) is 4. The lowest BCUT2D eigenvalue weighted by Crippen LogP contribution is -2.45. The third-order valence-electron chi connectivity index (χ3n) is 8.71. The van der Waals surface area contributed by atoms with Gasteiger partial charge in [-0.3, -0.25) is 19.1 Å². The number of benzene rings is 2. The molecule has 1 fully saturated rings. The van der Waals surface area contributed by atoms with E-state index in [0.29, 0.717) is 43.6 Å². The summed E-state index contributed by atoms with van der Waals surface area (Å²) in [5.74, 6) is -0.634. The fourth-order valence-electron chi connectivity index (χ4n) is 6.55. The van der Waals surface area contributed by atoms with Gasteiger partial charge in [-0.25, -0.2) is 4.79 Å². The number of nitriles is 1. The van der Waals surface area contributed by atoms with E-state index in [1.807, 2.05) is 38.2 Å². The van der Waals surface area contributed by atoms with Crippen LogP contribution in [0.3, 0.4) is 0 Å². The molecule has 1 aliphatic heterocycles. The highest BCUT2D eigenvalue weighted by Gasteiger charge is 2.45. The lowest BCUT2D eigenvalue weighted by molar-refractivity contribution is -0.130. The Hall–Kier alpha value is -4.69. The first-order valence-electron chi connectivity index (χ1n) is 14.6.